The number of aromatic nitrogens is 3. The summed E-state index contributed by atoms with van der Waals surface area (Å²) in [5.41, 5.74) is 8.61. The number of nitrogens with zero attached hydrogens (tertiary/aromatic N) is 4. The number of benzene rings is 1. The average molecular weight is 358 g/mol. The van der Waals surface area contributed by atoms with Crippen molar-refractivity contribution in [3.63, 3.8) is 0 Å². The third kappa shape index (κ3) is 4.16. The molecule has 0 bridgehead atoms. The Kier molecular flexibility index (Phi) is 5.77. The van der Waals surface area contributed by atoms with Gasteiger partial charge < -0.3 is 10.6 Å². The van der Waals surface area contributed by atoms with Gasteiger partial charge in [-0.15, -0.1) is 12.4 Å². The summed E-state index contributed by atoms with van der Waals surface area (Å²) in [5.74, 6) is 1.33. The maximum absolute atomic E-state index is 11.8. The Labute approximate surface area is 152 Å². The average Bonchev–Trinajstić information content (AvgIpc) is 3.05. The Morgan fingerprint density at radius 2 is 1.84 bits per heavy atom. The second-order valence-corrected chi connectivity index (χ2v) is 5.72. The van der Waals surface area contributed by atoms with Gasteiger partial charge in [-0.1, -0.05) is 12.1 Å². The molecule has 2 heterocycles. The van der Waals surface area contributed by atoms with E-state index in [4.69, 9.17) is 5.73 Å². The topological polar surface area (TPSA) is 77.0 Å². The fourth-order valence-corrected chi connectivity index (χ4v) is 2.42. The monoisotopic (exact) mass is 357 g/mol. The van der Waals surface area contributed by atoms with Crippen molar-refractivity contribution in [3.8, 4) is 17.1 Å². The minimum Gasteiger partial charge on any atom is -0.384 e. The SMILES string of the molecule is CN(C)C(=O)Cc1ccc(-n2ccnc2-c2ccnc(N)c2)cc1.Cl. The molecule has 0 saturated carbocycles. The van der Waals surface area contributed by atoms with Gasteiger partial charge >= 0.3 is 0 Å². The van der Waals surface area contributed by atoms with Gasteiger partial charge in [-0.25, -0.2) is 9.97 Å². The highest BCUT2D eigenvalue weighted by Crippen LogP contribution is 2.22. The molecule has 0 aliphatic heterocycles. The summed E-state index contributed by atoms with van der Waals surface area (Å²) in [4.78, 5) is 21.8. The van der Waals surface area contributed by atoms with Gasteiger partial charge in [0.15, 0.2) is 0 Å². The normalized spacial score (nSPS) is 10.2. The van der Waals surface area contributed by atoms with Crippen molar-refractivity contribution in [1.82, 2.24) is 19.4 Å². The summed E-state index contributed by atoms with van der Waals surface area (Å²) in [7, 11) is 3.52. The lowest BCUT2D eigenvalue weighted by Gasteiger charge is -2.11. The number of nitrogen functional groups attached to an aromatic ring is 1. The molecule has 6 nitrogen and oxygen atoms in total. The molecule has 0 atom stereocenters. The van der Waals surface area contributed by atoms with Crippen molar-refractivity contribution in [2.24, 2.45) is 0 Å². The van der Waals surface area contributed by atoms with Crippen LogP contribution < -0.4 is 5.73 Å². The van der Waals surface area contributed by atoms with Crippen LogP contribution in [0.15, 0.2) is 55.0 Å². The first-order valence-electron chi connectivity index (χ1n) is 7.59. The number of imidazole rings is 1. The van der Waals surface area contributed by atoms with Gasteiger partial charge in [0.25, 0.3) is 0 Å². The summed E-state index contributed by atoms with van der Waals surface area (Å²) >= 11 is 0. The van der Waals surface area contributed by atoms with Crippen LogP contribution in [0.5, 0.6) is 0 Å². The molecule has 0 saturated heterocycles. The van der Waals surface area contributed by atoms with Gasteiger partial charge in [-0.3, -0.25) is 9.36 Å². The predicted octanol–water partition coefficient (Wildman–Crippen LogP) is 2.57. The summed E-state index contributed by atoms with van der Waals surface area (Å²) in [6.07, 6.45) is 5.70. The lowest BCUT2D eigenvalue weighted by atomic mass is 10.1. The molecule has 2 N–H and O–H groups in total. The number of hydrogen-bond acceptors (Lipinski definition) is 4. The largest absolute Gasteiger partial charge is 0.384 e. The summed E-state index contributed by atoms with van der Waals surface area (Å²) < 4.78 is 1.98. The van der Waals surface area contributed by atoms with Crippen LogP contribution in [0.3, 0.4) is 0 Å². The first kappa shape index (κ1) is 18.5. The number of hydrogen-bond donors (Lipinski definition) is 1. The second-order valence-electron chi connectivity index (χ2n) is 5.72. The summed E-state index contributed by atoms with van der Waals surface area (Å²) in [6, 6.07) is 11.5. The third-order valence-corrected chi connectivity index (χ3v) is 3.75. The number of nitrogens with two attached hydrogens (primary N) is 1. The first-order chi connectivity index (χ1) is 11.5. The van der Waals surface area contributed by atoms with E-state index in [2.05, 4.69) is 9.97 Å². The van der Waals surface area contributed by atoms with Gasteiger partial charge in [0.2, 0.25) is 5.91 Å². The van der Waals surface area contributed by atoms with Crippen LogP contribution in [-0.2, 0) is 11.2 Å². The number of pyridine rings is 1. The van der Waals surface area contributed by atoms with E-state index in [-0.39, 0.29) is 18.3 Å². The lowest BCUT2D eigenvalue weighted by Crippen LogP contribution is -2.23. The number of likely N-dealkylation sites (N-methyl/N-ethyl adjacent to an activating group) is 1. The van der Waals surface area contributed by atoms with E-state index in [0.717, 1.165) is 22.6 Å². The van der Waals surface area contributed by atoms with Crippen molar-refractivity contribution in [3.05, 3.63) is 60.6 Å². The van der Waals surface area contributed by atoms with Crippen LogP contribution in [0.2, 0.25) is 0 Å². The molecule has 0 radical (unpaired) electrons. The lowest BCUT2D eigenvalue weighted by molar-refractivity contribution is -0.127. The van der Waals surface area contributed by atoms with Crippen LogP contribution in [0.25, 0.3) is 17.1 Å². The molecule has 3 aromatic rings. The number of carbonyl (C=O) groups is 1. The van der Waals surface area contributed by atoms with E-state index in [9.17, 15) is 4.79 Å². The van der Waals surface area contributed by atoms with Crippen LogP contribution in [0, 0.1) is 0 Å². The Morgan fingerprint density at radius 3 is 2.48 bits per heavy atom. The molecule has 1 aromatic carbocycles. The van der Waals surface area contributed by atoms with Gasteiger partial charge in [-0.2, -0.15) is 0 Å². The van der Waals surface area contributed by atoms with Crippen LogP contribution in [0.4, 0.5) is 5.82 Å². The minimum absolute atomic E-state index is 0. The highest BCUT2D eigenvalue weighted by molar-refractivity contribution is 5.85. The van der Waals surface area contributed by atoms with Gasteiger partial charge in [0.1, 0.15) is 11.6 Å². The molecule has 0 fully saturated rings. The molecule has 2 aromatic heterocycles. The fraction of sp³-hybridized carbons (Fsp3) is 0.167. The van der Waals surface area contributed by atoms with Crippen molar-refractivity contribution in [1.29, 1.82) is 0 Å². The van der Waals surface area contributed by atoms with E-state index < -0.39 is 0 Å². The van der Waals surface area contributed by atoms with Crippen molar-refractivity contribution in [2.75, 3.05) is 19.8 Å². The van der Waals surface area contributed by atoms with E-state index in [1.807, 2.05) is 41.1 Å². The maximum Gasteiger partial charge on any atom is 0.226 e. The predicted molar refractivity (Wildman–Crippen MR) is 101 cm³/mol. The third-order valence-electron chi connectivity index (χ3n) is 3.75. The van der Waals surface area contributed by atoms with Gasteiger partial charge in [0, 0.05) is 43.9 Å². The van der Waals surface area contributed by atoms with Crippen LogP contribution in [-0.4, -0.2) is 39.4 Å². The number of amides is 1. The second kappa shape index (κ2) is 7.81. The van der Waals surface area contributed by atoms with Crippen molar-refractivity contribution < 1.29 is 4.79 Å². The fourth-order valence-electron chi connectivity index (χ4n) is 2.42. The Balaban J connectivity index is 0.00000225. The highest BCUT2D eigenvalue weighted by Gasteiger charge is 2.09. The highest BCUT2D eigenvalue weighted by atomic mass is 35.5. The molecule has 1 amide bonds. The smallest absolute Gasteiger partial charge is 0.226 e. The number of halogens is 1. The molecule has 0 unspecified atom stereocenters. The molecule has 0 spiro atoms. The Hall–Kier alpha value is -2.86. The van der Waals surface area contributed by atoms with Crippen LogP contribution >= 0.6 is 12.4 Å². The van der Waals surface area contributed by atoms with E-state index >= 15 is 0 Å². The zero-order chi connectivity index (χ0) is 17.1. The van der Waals surface area contributed by atoms with Gasteiger partial charge in [-0.05, 0) is 29.8 Å². The number of anilines is 1. The molecule has 0 aliphatic rings. The first-order valence-corrected chi connectivity index (χ1v) is 7.59. The molecular formula is C18H20ClN5O. The van der Waals surface area contributed by atoms with Crippen molar-refractivity contribution in [2.45, 2.75) is 6.42 Å². The maximum atomic E-state index is 11.8. The quantitative estimate of drug-likeness (QED) is 0.778. The van der Waals surface area contributed by atoms with Crippen molar-refractivity contribution >= 4 is 24.1 Å². The molecule has 130 valence electrons. The Bertz CT molecular complexity index is 858. The zero-order valence-electron chi connectivity index (χ0n) is 14.1. The molecule has 0 aliphatic carbocycles. The standard InChI is InChI=1S/C18H19N5O.ClH/c1-22(2)17(24)11-13-3-5-15(6-4-13)23-10-9-21-18(23)14-7-8-20-16(19)12-14;/h3-10,12H,11H2,1-2H3,(H2,19,20);1H. The Morgan fingerprint density at radius 1 is 1.12 bits per heavy atom. The molecule has 3 rings (SSSR count). The zero-order valence-corrected chi connectivity index (χ0v) is 14.9. The van der Waals surface area contributed by atoms with Crippen LogP contribution in [0.1, 0.15) is 5.56 Å². The van der Waals surface area contributed by atoms with E-state index in [0.29, 0.717) is 12.2 Å². The summed E-state index contributed by atoms with van der Waals surface area (Å²) in [5, 5.41) is 0. The van der Waals surface area contributed by atoms with E-state index in [1.54, 1.807) is 37.5 Å². The number of rotatable bonds is 4. The molecule has 25 heavy (non-hydrogen) atoms. The minimum atomic E-state index is 0. The molecule has 7 heteroatoms. The van der Waals surface area contributed by atoms with Gasteiger partial charge in [0.05, 0.1) is 6.42 Å². The van der Waals surface area contributed by atoms with E-state index in [1.165, 1.54) is 0 Å². The number of carbonyl (C=O) groups excluding carboxylic acids is 1. The molecular weight excluding hydrogens is 338 g/mol. The summed E-state index contributed by atoms with van der Waals surface area (Å²) in [6.45, 7) is 0.